The number of hydrogen-bond acceptors (Lipinski definition) is 4. The highest BCUT2D eigenvalue weighted by Crippen LogP contribution is 2.45. The summed E-state index contributed by atoms with van der Waals surface area (Å²) in [7, 11) is -3.58. The molecule has 2 heterocycles. The van der Waals surface area contributed by atoms with E-state index in [1.54, 1.807) is 40.3 Å². The molecule has 2 aromatic rings. The molecule has 0 atom stereocenters. The predicted molar refractivity (Wildman–Crippen MR) is 126 cm³/mol. The second-order valence-corrected chi connectivity index (χ2v) is 12.2. The van der Waals surface area contributed by atoms with Gasteiger partial charge < -0.3 is 4.90 Å². The number of sulfonamides is 1. The Labute approximate surface area is 193 Å². The smallest absolute Gasteiger partial charge is 0.255 e. The van der Waals surface area contributed by atoms with Crippen molar-refractivity contribution in [1.29, 1.82) is 0 Å². The van der Waals surface area contributed by atoms with E-state index in [1.165, 1.54) is 0 Å². The van der Waals surface area contributed by atoms with Gasteiger partial charge in [-0.25, -0.2) is 8.42 Å². The van der Waals surface area contributed by atoms with Crippen LogP contribution in [0, 0.1) is 20.8 Å². The SMILES string of the molecule is Cc1cc(C)c(S(=O)(=O)N2CCC3(CC2)SCCN3C(=O)c2cccc(Cl)c2)c(C)c1. The number of carbonyl (C=O) groups excluding carboxylic acids is 1. The molecule has 166 valence electrons. The summed E-state index contributed by atoms with van der Waals surface area (Å²) in [4.78, 5) is 15.2. The summed E-state index contributed by atoms with van der Waals surface area (Å²) in [6.45, 7) is 7.17. The molecule has 2 saturated heterocycles. The van der Waals surface area contributed by atoms with Gasteiger partial charge in [0.25, 0.3) is 5.91 Å². The lowest BCUT2D eigenvalue weighted by Crippen LogP contribution is -2.53. The Morgan fingerprint density at radius 2 is 1.68 bits per heavy atom. The number of rotatable bonds is 3. The molecular formula is C23H27ClN2O3S2. The number of aryl methyl sites for hydroxylation is 3. The van der Waals surface area contributed by atoms with E-state index in [-0.39, 0.29) is 10.8 Å². The van der Waals surface area contributed by atoms with Gasteiger partial charge in [0.05, 0.1) is 9.77 Å². The third kappa shape index (κ3) is 4.13. The fraction of sp³-hybridized carbons (Fsp3) is 0.435. The van der Waals surface area contributed by atoms with Crippen LogP contribution in [0.1, 0.15) is 39.9 Å². The second-order valence-electron chi connectivity index (χ2n) is 8.39. The Hall–Kier alpha value is -1.54. The van der Waals surface area contributed by atoms with E-state index in [0.29, 0.717) is 48.0 Å². The Morgan fingerprint density at radius 3 is 2.29 bits per heavy atom. The topological polar surface area (TPSA) is 57.7 Å². The van der Waals surface area contributed by atoms with Gasteiger partial charge in [0.15, 0.2) is 0 Å². The van der Waals surface area contributed by atoms with E-state index in [4.69, 9.17) is 11.6 Å². The number of halogens is 1. The third-order valence-corrected chi connectivity index (χ3v) is 10.2. The highest BCUT2D eigenvalue weighted by Gasteiger charge is 2.48. The molecule has 31 heavy (non-hydrogen) atoms. The van der Waals surface area contributed by atoms with Crippen molar-refractivity contribution in [3.05, 3.63) is 63.7 Å². The monoisotopic (exact) mass is 478 g/mol. The molecule has 2 aromatic carbocycles. The molecule has 4 rings (SSSR count). The van der Waals surface area contributed by atoms with E-state index >= 15 is 0 Å². The summed E-state index contributed by atoms with van der Waals surface area (Å²) in [6.07, 6.45) is 1.24. The lowest BCUT2D eigenvalue weighted by Gasteiger charge is -2.43. The molecule has 5 nitrogen and oxygen atoms in total. The molecule has 1 amide bonds. The van der Waals surface area contributed by atoms with Crippen LogP contribution in [0.25, 0.3) is 0 Å². The molecule has 0 aliphatic carbocycles. The van der Waals surface area contributed by atoms with Crippen molar-refractivity contribution in [2.75, 3.05) is 25.4 Å². The summed E-state index contributed by atoms with van der Waals surface area (Å²) in [5, 5.41) is 0.538. The van der Waals surface area contributed by atoms with Gasteiger partial charge in [-0.05, 0) is 62.9 Å². The Bertz CT molecular complexity index is 1100. The van der Waals surface area contributed by atoms with Crippen molar-refractivity contribution < 1.29 is 13.2 Å². The molecule has 2 fully saturated rings. The van der Waals surface area contributed by atoms with Crippen molar-refractivity contribution in [2.45, 2.75) is 43.4 Å². The van der Waals surface area contributed by atoms with Crippen LogP contribution in [0.2, 0.25) is 5.02 Å². The quantitative estimate of drug-likeness (QED) is 0.645. The normalized spacial score (nSPS) is 19.2. The number of benzene rings is 2. The molecule has 0 saturated carbocycles. The van der Waals surface area contributed by atoms with Crippen molar-refractivity contribution in [3.8, 4) is 0 Å². The molecular weight excluding hydrogens is 452 g/mol. The van der Waals surface area contributed by atoms with Crippen LogP contribution >= 0.6 is 23.4 Å². The largest absolute Gasteiger partial charge is 0.323 e. The maximum absolute atomic E-state index is 13.4. The molecule has 2 aliphatic rings. The molecule has 0 N–H and O–H groups in total. The van der Waals surface area contributed by atoms with Gasteiger partial charge in [-0.2, -0.15) is 4.31 Å². The summed E-state index contributed by atoms with van der Waals surface area (Å²) >= 11 is 7.85. The number of nitrogens with zero attached hydrogens (tertiary/aromatic N) is 2. The minimum Gasteiger partial charge on any atom is -0.323 e. The lowest BCUT2D eigenvalue weighted by atomic mass is 10.0. The first-order valence-corrected chi connectivity index (χ1v) is 13.2. The van der Waals surface area contributed by atoms with E-state index in [2.05, 4.69) is 0 Å². The molecule has 2 aliphatic heterocycles. The van der Waals surface area contributed by atoms with Gasteiger partial charge in [-0.15, -0.1) is 11.8 Å². The first-order chi connectivity index (χ1) is 14.6. The van der Waals surface area contributed by atoms with Gasteiger partial charge in [0.1, 0.15) is 0 Å². The zero-order valence-electron chi connectivity index (χ0n) is 18.0. The van der Waals surface area contributed by atoms with Crippen molar-refractivity contribution in [3.63, 3.8) is 0 Å². The molecule has 0 bridgehead atoms. The van der Waals surface area contributed by atoms with Crippen molar-refractivity contribution in [1.82, 2.24) is 9.21 Å². The number of hydrogen-bond donors (Lipinski definition) is 0. The second kappa shape index (κ2) is 8.43. The number of piperidine rings is 1. The maximum atomic E-state index is 13.4. The van der Waals surface area contributed by atoms with Crippen LogP contribution in [0.5, 0.6) is 0 Å². The lowest BCUT2D eigenvalue weighted by molar-refractivity contribution is 0.0605. The third-order valence-electron chi connectivity index (χ3n) is 6.20. The summed E-state index contributed by atoms with van der Waals surface area (Å²) < 4.78 is 28.5. The van der Waals surface area contributed by atoms with Crippen LogP contribution in [0.4, 0.5) is 0 Å². The van der Waals surface area contributed by atoms with Crippen molar-refractivity contribution >= 4 is 39.3 Å². The zero-order chi connectivity index (χ0) is 22.4. The summed E-state index contributed by atoms with van der Waals surface area (Å²) in [5.74, 6) is 0.823. The Morgan fingerprint density at radius 1 is 1.03 bits per heavy atom. The summed E-state index contributed by atoms with van der Waals surface area (Å²) in [6, 6.07) is 10.9. The van der Waals surface area contributed by atoms with Gasteiger partial charge in [0.2, 0.25) is 10.0 Å². The predicted octanol–water partition coefficient (Wildman–Crippen LogP) is 4.64. The first-order valence-electron chi connectivity index (χ1n) is 10.4. The average Bonchev–Trinajstić information content (AvgIpc) is 3.09. The van der Waals surface area contributed by atoms with Gasteiger partial charge >= 0.3 is 0 Å². The van der Waals surface area contributed by atoms with Crippen LogP contribution in [-0.4, -0.2) is 53.8 Å². The minimum atomic E-state index is -3.58. The van der Waals surface area contributed by atoms with E-state index in [9.17, 15) is 13.2 Å². The van der Waals surface area contributed by atoms with Gasteiger partial charge in [-0.3, -0.25) is 4.79 Å². The highest BCUT2D eigenvalue weighted by atomic mass is 35.5. The fourth-order valence-electron chi connectivity index (χ4n) is 4.87. The number of amides is 1. The van der Waals surface area contributed by atoms with Crippen LogP contribution in [-0.2, 0) is 10.0 Å². The average molecular weight is 479 g/mol. The highest BCUT2D eigenvalue weighted by molar-refractivity contribution is 8.00. The molecule has 0 radical (unpaired) electrons. The molecule has 0 aromatic heterocycles. The van der Waals surface area contributed by atoms with Crippen molar-refractivity contribution in [2.24, 2.45) is 0 Å². The van der Waals surface area contributed by atoms with Crippen LogP contribution in [0.15, 0.2) is 41.3 Å². The number of carbonyl (C=O) groups is 1. The Kier molecular flexibility index (Phi) is 6.16. The van der Waals surface area contributed by atoms with Gasteiger partial charge in [-0.1, -0.05) is 35.4 Å². The zero-order valence-corrected chi connectivity index (χ0v) is 20.4. The van der Waals surface area contributed by atoms with E-state index < -0.39 is 10.0 Å². The number of thioether (sulfide) groups is 1. The molecule has 1 spiro atoms. The Balaban J connectivity index is 1.55. The fourth-order valence-corrected chi connectivity index (χ4v) is 8.36. The van der Waals surface area contributed by atoms with Crippen LogP contribution in [0.3, 0.4) is 0 Å². The standard InChI is InChI=1S/C23H27ClN2O3S2/c1-16-13-17(2)21(18(3)14-16)31(28,29)25-9-7-23(8-10-25)26(11-12-30-23)22(27)19-5-4-6-20(24)15-19/h4-6,13-15H,7-12H2,1-3H3. The summed E-state index contributed by atoms with van der Waals surface area (Å²) in [5.41, 5.74) is 3.20. The molecule has 0 unspecified atom stereocenters. The van der Waals surface area contributed by atoms with E-state index in [1.807, 2.05) is 37.8 Å². The van der Waals surface area contributed by atoms with Gasteiger partial charge in [0, 0.05) is 36.0 Å². The van der Waals surface area contributed by atoms with E-state index in [0.717, 1.165) is 22.4 Å². The maximum Gasteiger partial charge on any atom is 0.255 e. The first kappa shape index (κ1) is 22.6. The minimum absolute atomic E-state index is 0.0333. The van der Waals surface area contributed by atoms with Crippen LogP contribution < -0.4 is 0 Å². The molecule has 8 heteroatoms.